The Morgan fingerprint density at radius 2 is 2.00 bits per heavy atom. The Morgan fingerprint density at radius 1 is 1.26 bits per heavy atom. The van der Waals surface area contributed by atoms with Gasteiger partial charge in [-0.25, -0.2) is 13.8 Å². The zero-order valence-electron chi connectivity index (χ0n) is 9.23. The maximum absolute atomic E-state index is 13.0. The van der Waals surface area contributed by atoms with E-state index in [-0.39, 0.29) is 17.2 Å². The summed E-state index contributed by atoms with van der Waals surface area (Å²) in [6.07, 6.45) is 1.36. The molecule has 0 saturated heterocycles. The van der Waals surface area contributed by atoms with E-state index in [0.717, 1.165) is 12.1 Å². The van der Waals surface area contributed by atoms with Crippen LogP contribution in [0.15, 0.2) is 34.9 Å². The predicted octanol–water partition coefficient (Wildman–Crippen LogP) is 3.77. The molecule has 0 fully saturated rings. The van der Waals surface area contributed by atoms with E-state index in [2.05, 4.69) is 26.2 Å². The molecule has 1 aromatic carbocycles. The molecule has 0 spiro atoms. The minimum absolute atomic E-state index is 0.0563. The van der Waals surface area contributed by atoms with Gasteiger partial charge >= 0.3 is 5.69 Å². The first-order chi connectivity index (χ1) is 8.97. The Hall–Kier alpha value is -2.09. The number of hydrogen-bond acceptors (Lipinski definition) is 4. The normalized spacial score (nSPS) is 10.3. The van der Waals surface area contributed by atoms with Crippen LogP contribution in [0.4, 0.5) is 26.0 Å². The van der Waals surface area contributed by atoms with Gasteiger partial charge in [-0.15, -0.1) is 0 Å². The van der Waals surface area contributed by atoms with Gasteiger partial charge in [-0.2, -0.15) is 0 Å². The van der Waals surface area contributed by atoms with Crippen molar-refractivity contribution >= 4 is 33.1 Å². The number of rotatable bonds is 3. The molecule has 19 heavy (non-hydrogen) atoms. The molecule has 1 aromatic heterocycles. The van der Waals surface area contributed by atoms with E-state index in [0.29, 0.717) is 4.47 Å². The van der Waals surface area contributed by atoms with Crippen LogP contribution in [-0.2, 0) is 0 Å². The van der Waals surface area contributed by atoms with Crippen molar-refractivity contribution < 1.29 is 13.7 Å². The second-order valence-electron chi connectivity index (χ2n) is 3.53. The minimum atomic E-state index is -1.05. The molecule has 2 aromatic rings. The summed E-state index contributed by atoms with van der Waals surface area (Å²) in [4.78, 5) is 14.1. The molecule has 5 nitrogen and oxygen atoms in total. The van der Waals surface area contributed by atoms with Crippen LogP contribution in [0.2, 0.25) is 0 Å². The molecule has 98 valence electrons. The average Bonchev–Trinajstić information content (AvgIpc) is 2.36. The van der Waals surface area contributed by atoms with Gasteiger partial charge in [-0.05, 0) is 28.1 Å². The first-order valence-electron chi connectivity index (χ1n) is 4.99. The van der Waals surface area contributed by atoms with Gasteiger partial charge in [0.25, 0.3) is 0 Å². The lowest BCUT2D eigenvalue weighted by molar-refractivity contribution is -0.384. The fourth-order valence-corrected chi connectivity index (χ4v) is 1.69. The van der Waals surface area contributed by atoms with Gasteiger partial charge in [0.1, 0.15) is 0 Å². The standard InChI is InChI=1S/C11H6BrF2N3O2/c12-6-3-10(17(18)19)11(15-5-6)16-7-1-2-8(13)9(14)4-7/h1-5H,(H,15,16). The molecule has 8 heteroatoms. The van der Waals surface area contributed by atoms with Crippen molar-refractivity contribution in [2.24, 2.45) is 0 Å². The Balaban J connectivity index is 2.37. The summed E-state index contributed by atoms with van der Waals surface area (Å²) in [7, 11) is 0. The van der Waals surface area contributed by atoms with E-state index in [4.69, 9.17) is 0 Å². The second kappa shape index (κ2) is 5.27. The molecular formula is C11H6BrF2N3O2. The topological polar surface area (TPSA) is 68.1 Å². The molecule has 0 aliphatic heterocycles. The van der Waals surface area contributed by atoms with E-state index in [1.54, 1.807) is 0 Å². The maximum Gasteiger partial charge on any atom is 0.312 e. The second-order valence-corrected chi connectivity index (χ2v) is 4.45. The fourth-order valence-electron chi connectivity index (χ4n) is 1.37. The largest absolute Gasteiger partial charge is 0.334 e. The van der Waals surface area contributed by atoms with Gasteiger partial charge in [0.15, 0.2) is 11.6 Å². The molecule has 0 bridgehead atoms. The SMILES string of the molecule is O=[N+]([O-])c1cc(Br)cnc1Nc1ccc(F)c(F)c1. The van der Waals surface area contributed by atoms with Crippen molar-refractivity contribution in [3.8, 4) is 0 Å². The van der Waals surface area contributed by atoms with Gasteiger partial charge in [0, 0.05) is 28.5 Å². The first-order valence-corrected chi connectivity index (χ1v) is 5.78. The first kappa shape index (κ1) is 13.3. The number of anilines is 2. The summed E-state index contributed by atoms with van der Waals surface area (Å²) in [6, 6.07) is 4.33. The van der Waals surface area contributed by atoms with Gasteiger partial charge in [0.05, 0.1) is 4.92 Å². The van der Waals surface area contributed by atoms with Crippen molar-refractivity contribution in [3.63, 3.8) is 0 Å². The molecule has 1 heterocycles. The Morgan fingerprint density at radius 3 is 2.63 bits per heavy atom. The predicted molar refractivity (Wildman–Crippen MR) is 68.2 cm³/mol. The van der Waals surface area contributed by atoms with Gasteiger partial charge in [-0.3, -0.25) is 10.1 Å². The highest BCUT2D eigenvalue weighted by molar-refractivity contribution is 9.10. The quantitative estimate of drug-likeness (QED) is 0.687. The minimum Gasteiger partial charge on any atom is -0.334 e. The summed E-state index contributed by atoms with van der Waals surface area (Å²) < 4.78 is 26.2. The van der Waals surface area contributed by atoms with Crippen molar-refractivity contribution in [1.29, 1.82) is 0 Å². The zero-order valence-corrected chi connectivity index (χ0v) is 10.8. The lowest BCUT2D eigenvalue weighted by Gasteiger charge is -2.06. The van der Waals surface area contributed by atoms with Gasteiger partial charge in [0.2, 0.25) is 5.82 Å². The number of aromatic nitrogens is 1. The van der Waals surface area contributed by atoms with Crippen LogP contribution in [0.5, 0.6) is 0 Å². The molecule has 0 unspecified atom stereocenters. The molecule has 0 atom stereocenters. The molecule has 0 aliphatic carbocycles. The van der Waals surface area contributed by atoms with Gasteiger partial charge in [-0.1, -0.05) is 0 Å². The van der Waals surface area contributed by atoms with Crippen LogP contribution in [0.25, 0.3) is 0 Å². The van der Waals surface area contributed by atoms with Gasteiger partial charge < -0.3 is 5.32 Å². The van der Waals surface area contributed by atoms with E-state index in [9.17, 15) is 18.9 Å². The lowest BCUT2D eigenvalue weighted by Crippen LogP contribution is -2.00. The Bertz CT molecular complexity index is 652. The molecule has 0 aliphatic rings. The highest BCUT2D eigenvalue weighted by atomic mass is 79.9. The van der Waals surface area contributed by atoms with Crippen LogP contribution in [-0.4, -0.2) is 9.91 Å². The molecular weight excluding hydrogens is 324 g/mol. The number of hydrogen-bond donors (Lipinski definition) is 1. The lowest BCUT2D eigenvalue weighted by atomic mass is 10.3. The molecule has 0 saturated carbocycles. The number of pyridine rings is 1. The molecule has 0 radical (unpaired) electrons. The highest BCUT2D eigenvalue weighted by Gasteiger charge is 2.16. The summed E-state index contributed by atoms with van der Waals surface area (Å²) in [6.45, 7) is 0. The van der Waals surface area contributed by atoms with Crippen molar-refractivity contribution in [1.82, 2.24) is 4.98 Å². The summed E-state index contributed by atoms with van der Waals surface area (Å²) in [5.74, 6) is -2.10. The van der Waals surface area contributed by atoms with Crippen LogP contribution >= 0.6 is 15.9 Å². The van der Waals surface area contributed by atoms with Crippen LogP contribution < -0.4 is 5.32 Å². The molecule has 2 rings (SSSR count). The third kappa shape index (κ3) is 3.02. The van der Waals surface area contributed by atoms with Crippen LogP contribution in [0, 0.1) is 21.7 Å². The van der Waals surface area contributed by atoms with Crippen LogP contribution in [0.1, 0.15) is 0 Å². The summed E-state index contributed by atoms with van der Waals surface area (Å²) in [5, 5.41) is 13.4. The van der Waals surface area contributed by atoms with E-state index in [1.807, 2.05) is 0 Å². The summed E-state index contributed by atoms with van der Waals surface area (Å²) in [5.41, 5.74) is -0.115. The zero-order chi connectivity index (χ0) is 14.0. The van der Waals surface area contributed by atoms with E-state index in [1.165, 1.54) is 18.3 Å². The smallest absolute Gasteiger partial charge is 0.312 e. The number of nitro groups is 1. The third-order valence-electron chi connectivity index (χ3n) is 2.21. The maximum atomic E-state index is 13.0. The van der Waals surface area contributed by atoms with Crippen LogP contribution in [0.3, 0.4) is 0 Å². The van der Waals surface area contributed by atoms with Crippen molar-refractivity contribution in [2.75, 3.05) is 5.32 Å². The van der Waals surface area contributed by atoms with Crippen molar-refractivity contribution in [3.05, 3.63) is 56.7 Å². The number of nitrogens with zero attached hydrogens (tertiary/aromatic N) is 2. The Kier molecular flexibility index (Phi) is 3.70. The van der Waals surface area contributed by atoms with E-state index < -0.39 is 16.6 Å². The van der Waals surface area contributed by atoms with Crippen molar-refractivity contribution in [2.45, 2.75) is 0 Å². The third-order valence-corrected chi connectivity index (χ3v) is 2.65. The summed E-state index contributed by atoms with van der Waals surface area (Å²) >= 11 is 3.07. The Labute approximate surface area is 114 Å². The molecule has 0 amide bonds. The number of nitrogens with one attached hydrogen (secondary N) is 1. The van der Waals surface area contributed by atoms with E-state index >= 15 is 0 Å². The number of halogens is 3. The average molecular weight is 330 g/mol. The monoisotopic (exact) mass is 329 g/mol. The number of benzene rings is 1. The fraction of sp³-hybridized carbons (Fsp3) is 0. The molecule has 1 N–H and O–H groups in total. The highest BCUT2D eigenvalue weighted by Crippen LogP contribution is 2.28.